The van der Waals surface area contributed by atoms with Gasteiger partial charge in [-0.25, -0.2) is 28.6 Å². The minimum Gasteiger partial charge on any atom is -0.481 e. The molecule has 362 valence electrons. The van der Waals surface area contributed by atoms with Gasteiger partial charge in [-0.3, -0.25) is 42.3 Å². The third kappa shape index (κ3) is 17.9. The van der Waals surface area contributed by atoms with Crippen molar-refractivity contribution in [2.45, 2.75) is 76.2 Å². The number of ether oxygens (including phenoxy) is 1. The van der Waals surface area contributed by atoms with Gasteiger partial charge in [-0.15, -0.1) is 0 Å². The van der Waals surface area contributed by atoms with Crippen molar-refractivity contribution in [3.63, 3.8) is 0 Å². The van der Waals surface area contributed by atoms with E-state index in [0.717, 1.165) is 29.0 Å². The average molecular weight is 996 g/mol. The molecule has 1 aliphatic rings. The number of fused-ring (bicyclic) bond motifs is 1. The molecule has 8 unspecified atom stereocenters. The Hall–Kier alpha value is -3.74. The standard InChI is InChI=1S/C30H52N11O19P3S/c1-30(2,23(46)26(47)36-8-5-18(42)35-10-11-64-28(48)16(34-9-6-19(43)44)4-3-7-37-29(32)33)13-57-63(54,55)60-62(52,53)56-12-17-22(59-61(49,50)51)21(45)27(58-17)41-15-40-20-24(31)38-14-39-25(20)41/h14-17,21-23,27,34,45-46H,3-13H2,1-2H3,(H,35,42)(H,36,47)(H,43,44)(H,52,53)(H,54,55)(H2,31,38,39)(H4,32,33,37)(H2,49,50,51). The second-order valence-electron chi connectivity index (χ2n) is 14.3. The van der Waals surface area contributed by atoms with Gasteiger partial charge in [0.15, 0.2) is 23.7 Å². The molecule has 8 atom stereocenters. The van der Waals surface area contributed by atoms with E-state index in [0.29, 0.717) is 12.8 Å². The van der Waals surface area contributed by atoms with Gasteiger partial charge in [-0.2, -0.15) is 4.31 Å². The Balaban J connectivity index is 1.44. The summed E-state index contributed by atoms with van der Waals surface area (Å²) in [6.45, 7) is 0.456. The zero-order valence-electron chi connectivity index (χ0n) is 34.1. The Bertz CT molecular complexity index is 2110. The minimum atomic E-state index is -5.61. The van der Waals surface area contributed by atoms with Gasteiger partial charge in [-0.1, -0.05) is 25.6 Å². The molecule has 1 saturated heterocycles. The number of aromatic nitrogens is 4. The molecular formula is C30H52N11O19P3S. The molecule has 30 nitrogen and oxygen atoms in total. The van der Waals surface area contributed by atoms with Crippen LogP contribution in [-0.2, 0) is 55.5 Å². The molecule has 64 heavy (non-hydrogen) atoms. The second-order valence-corrected chi connectivity index (χ2v) is 19.7. The summed E-state index contributed by atoms with van der Waals surface area (Å²) >= 11 is 0.906. The summed E-state index contributed by atoms with van der Waals surface area (Å²) in [5, 5.41) is 37.9. The predicted molar refractivity (Wildman–Crippen MR) is 221 cm³/mol. The third-order valence-corrected chi connectivity index (χ3v) is 12.8. The monoisotopic (exact) mass is 995 g/mol. The molecule has 1 fully saturated rings. The molecule has 3 heterocycles. The minimum absolute atomic E-state index is 0.0148. The summed E-state index contributed by atoms with van der Waals surface area (Å²) in [5.74, 6) is -2.60. The largest absolute Gasteiger partial charge is 0.481 e. The van der Waals surface area contributed by atoms with Crippen molar-refractivity contribution in [2.75, 3.05) is 50.9 Å². The van der Waals surface area contributed by atoms with Crippen LogP contribution >= 0.6 is 35.2 Å². The summed E-state index contributed by atoms with van der Waals surface area (Å²) in [5.41, 5.74) is 14.8. The lowest BCUT2D eigenvalue weighted by atomic mass is 9.87. The number of thioether (sulfide) groups is 1. The normalized spacial score (nSPS) is 20.8. The van der Waals surface area contributed by atoms with Crippen molar-refractivity contribution in [3.05, 3.63) is 12.7 Å². The molecule has 0 spiro atoms. The quantitative estimate of drug-likeness (QED) is 0.0177. The van der Waals surface area contributed by atoms with Crippen LogP contribution in [0.3, 0.4) is 0 Å². The van der Waals surface area contributed by atoms with Crippen molar-refractivity contribution in [3.8, 4) is 0 Å². The molecule has 0 bridgehead atoms. The number of nitrogens with zero attached hydrogens (tertiary/aromatic N) is 5. The second kappa shape index (κ2) is 24.2. The first-order chi connectivity index (χ1) is 29.7. The van der Waals surface area contributed by atoms with Gasteiger partial charge in [0.25, 0.3) is 0 Å². The van der Waals surface area contributed by atoms with Gasteiger partial charge in [0.05, 0.1) is 32.0 Å². The number of phosphoric acid groups is 3. The molecule has 2 amide bonds. The number of aliphatic carboxylic acids is 1. The van der Waals surface area contributed by atoms with E-state index >= 15 is 0 Å². The fourth-order valence-corrected chi connectivity index (χ4v) is 9.18. The van der Waals surface area contributed by atoms with Gasteiger partial charge in [0.1, 0.15) is 36.3 Å². The van der Waals surface area contributed by atoms with Crippen LogP contribution in [0, 0.1) is 5.41 Å². The molecule has 0 aromatic carbocycles. The Morgan fingerprint density at radius 2 is 1.70 bits per heavy atom. The van der Waals surface area contributed by atoms with Crippen molar-refractivity contribution < 1.29 is 90.4 Å². The third-order valence-electron chi connectivity index (χ3n) is 8.71. The zero-order chi connectivity index (χ0) is 48.0. The highest BCUT2D eigenvalue weighted by molar-refractivity contribution is 8.13. The van der Waals surface area contributed by atoms with Gasteiger partial charge in [0.2, 0.25) is 16.9 Å². The van der Waals surface area contributed by atoms with Crippen molar-refractivity contribution in [1.29, 1.82) is 0 Å². The Morgan fingerprint density at radius 1 is 1.02 bits per heavy atom. The Morgan fingerprint density at radius 3 is 2.36 bits per heavy atom. The maximum atomic E-state index is 12.7. The van der Waals surface area contributed by atoms with Crippen molar-refractivity contribution in [1.82, 2.24) is 35.5 Å². The number of amides is 2. The molecule has 34 heteroatoms. The average Bonchev–Trinajstić information content (AvgIpc) is 3.75. The van der Waals surface area contributed by atoms with E-state index in [2.05, 4.69) is 44.7 Å². The predicted octanol–water partition coefficient (Wildman–Crippen LogP) is -2.85. The summed E-state index contributed by atoms with van der Waals surface area (Å²) in [4.78, 5) is 103. The van der Waals surface area contributed by atoms with E-state index < -0.39 is 96.6 Å². The number of aliphatic hydroxyl groups is 2. The number of nitrogens with one attached hydrogen (secondary N) is 3. The number of hydrogen-bond donors (Lipinski definition) is 13. The number of rotatable bonds is 28. The number of aliphatic imine (C=N–C) groups is 1. The van der Waals surface area contributed by atoms with Crippen molar-refractivity contribution >= 4 is 81.1 Å². The molecule has 0 radical (unpaired) electrons. The van der Waals surface area contributed by atoms with Crippen LogP contribution in [0.1, 0.15) is 45.8 Å². The lowest BCUT2D eigenvalue weighted by Crippen LogP contribution is -2.46. The lowest BCUT2D eigenvalue weighted by Gasteiger charge is -2.30. The molecule has 16 N–H and O–H groups in total. The summed E-state index contributed by atoms with van der Waals surface area (Å²) in [6, 6.07) is -0.689. The van der Waals surface area contributed by atoms with E-state index in [9.17, 15) is 62.7 Å². The van der Waals surface area contributed by atoms with Gasteiger partial charge < -0.3 is 72.8 Å². The van der Waals surface area contributed by atoms with Crippen molar-refractivity contribution in [2.24, 2.45) is 21.9 Å². The molecule has 3 rings (SSSR count). The number of nitrogen functional groups attached to an aromatic ring is 1. The van der Waals surface area contributed by atoms with E-state index in [4.69, 9.17) is 36.1 Å². The van der Waals surface area contributed by atoms with Gasteiger partial charge in [0, 0.05) is 43.8 Å². The highest BCUT2D eigenvalue weighted by atomic mass is 32.2. The molecule has 2 aromatic rings. The van der Waals surface area contributed by atoms with E-state index in [1.165, 1.54) is 13.8 Å². The van der Waals surface area contributed by atoms with Gasteiger partial charge >= 0.3 is 29.4 Å². The van der Waals surface area contributed by atoms with Crippen LogP contribution in [0.4, 0.5) is 5.82 Å². The fourth-order valence-electron chi connectivity index (χ4n) is 5.54. The summed E-state index contributed by atoms with van der Waals surface area (Å²) < 4.78 is 62.2. The SMILES string of the molecule is CC(C)(COP(=O)(O)OP(=O)(O)OCC1OC(n2cnc3c(N)ncnc32)C(O)C1OP(=O)(O)O)C(O)C(=O)NCCC(=O)NCCSC(=O)C(CCCN=C(N)N)NCCC(=O)O. The van der Waals surface area contributed by atoms with E-state index in [1.54, 1.807) is 0 Å². The highest BCUT2D eigenvalue weighted by Crippen LogP contribution is 2.61. The Kier molecular flexibility index (Phi) is 20.6. The topological polar surface area (TPSA) is 477 Å². The first kappa shape index (κ1) is 54.6. The number of phosphoric ester groups is 3. The number of carboxylic acid groups (broad SMARTS) is 1. The number of carbonyl (C=O) groups is 4. The number of guanidine groups is 1. The fraction of sp³-hybridized carbons (Fsp3) is 0.667. The number of imidazole rings is 1. The summed E-state index contributed by atoms with van der Waals surface area (Å²) in [6.07, 6.45) is -6.61. The summed E-state index contributed by atoms with van der Waals surface area (Å²) in [7, 11) is -16.5. The van der Waals surface area contributed by atoms with Crippen LogP contribution < -0.4 is 33.2 Å². The first-order valence-corrected chi connectivity index (χ1v) is 24.3. The number of nitrogens with two attached hydrogens (primary N) is 3. The molecule has 0 saturated carbocycles. The number of aliphatic hydroxyl groups excluding tert-OH is 2. The smallest absolute Gasteiger partial charge is 0.481 e. The zero-order valence-corrected chi connectivity index (χ0v) is 37.6. The molecule has 0 aliphatic carbocycles. The highest BCUT2D eigenvalue weighted by Gasteiger charge is 2.50. The molecule has 1 aliphatic heterocycles. The maximum Gasteiger partial charge on any atom is 0.481 e. The maximum absolute atomic E-state index is 12.7. The van der Waals surface area contributed by atoms with Crippen LogP contribution in [-0.4, -0.2) is 159 Å². The van der Waals surface area contributed by atoms with Crippen LogP contribution in [0.2, 0.25) is 0 Å². The Labute approximate surface area is 367 Å². The first-order valence-electron chi connectivity index (χ1n) is 18.8. The van der Waals surface area contributed by atoms with Crippen LogP contribution in [0.5, 0.6) is 0 Å². The van der Waals surface area contributed by atoms with Gasteiger partial charge in [-0.05, 0) is 12.8 Å². The van der Waals surface area contributed by atoms with Crippen LogP contribution in [0.25, 0.3) is 11.2 Å². The number of carboxylic acids is 1. The number of carbonyl (C=O) groups excluding carboxylic acids is 3. The van der Waals surface area contributed by atoms with E-state index in [-0.39, 0.29) is 72.8 Å². The van der Waals surface area contributed by atoms with Crippen LogP contribution in [0.15, 0.2) is 17.6 Å². The van der Waals surface area contributed by atoms with E-state index in [1.807, 2.05) is 0 Å². The number of hydrogen-bond acceptors (Lipinski definition) is 21. The molecule has 2 aromatic heterocycles. The molecular weight excluding hydrogens is 943 g/mol. The lowest BCUT2D eigenvalue weighted by molar-refractivity contribution is -0.137. The number of anilines is 1.